The molecule has 4 heteroatoms. The van der Waals surface area contributed by atoms with Crippen molar-refractivity contribution in [2.24, 2.45) is 0 Å². The predicted molar refractivity (Wildman–Crippen MR) is 73.5 cm³/mol. The Labute approximate surface area is 112 Å². The van der Waals surface area contributed by atoms with Gasteiger partial charge in [-0.1, -0.05) is 13.3 Å². The summed E-state index contributed by atoms with van der Waals surface area (Å²) >= 11 is 5.97. The molecule has 0 amide bonds. The fourth-order valence-corrected chi connectivity index (χ4v) is 2.77. The van der Waals surface area contributed by atoms with Crippen molar-refractivity contribution in [2.45, 2.75) is 45.0 Å². The number of benzene rings is 1. The maximum absolute atomic E-state index is 13.4. The number of fused-ring (bicyclic) bond motifs is 1. The van der Waals surface area contributed by atoms with E-state index < -0.39 is 0 Å². The molecular formula is C14H18ClFN2. The minimum Gasteiger partial charge on any atom is -0.321 e. The number of aromatic nitrogens is 2. The first-order valence-corrected chi connectivity index (χ1v) is 6.76. The molecule has 0 bridgehead atoms. The molecule has 0 saturated heterocycles. The lowest BCUT2D eigenvalue weighted by molar-refractivity contribution is 0.326. The number of hydrogen-bond donors (Lipinski definition) is 0. The molecule has 2 nitrogen and oxygen atoms in total. The summed E-state index contributed by atoms with van der Waals surface area (Å²) in [5, 5.41) is 0. The van der Waals surface area contributed by atoms with Gasteiger partial charge in [0.25, 0.3) is 0 Å². The van der Waals surface area contributed by atoms with E-state index in [-0.39, 0.29) is 11.4 Å². The molecule has 1 aromatic heterocycles. The maximum Gasteiger partial charge on any atom is 0.125 e. The molecule has 0 radical (unpaired) electrons. The Morgan fingerprint density at radius 3 is 2.72 bits per heavy atom. The van der Waals surface area contributed by atoms with Crippen molar-refractivity contribution in [3.63, 3.8) is 0 Å². The lowest BCUT2D eigenvalue weighted by Gasteiger charge is -2.28. The van der Waals surface area contributed by atoms with E-state index in [4.69, 9.17) is 11.6 Å². The van der Waals surface area contributed by atoms with Crippen LogP contribution >= 0.6 is 11.6 Å². The summed E-state index contributed by atoms with van der Waals surface area (Å²) in [5.74, 6) is 0.900. The van der Waals surface area contributed by atoms with Gasteiger partial charge >= 0.3 is 0 Å². The average Bonchev–Trinajstić information content (AvgIpc) is 2.67. The van der Waals surface area contributed by atoms with Crippen molar-refractivity contribution in [2.75, 3.05) is 0 Å². The average molecular weight is 269 g/mol. The monoisotopic (exact) mass is 268 g/mol. The number of hydrogen-bond acceptors (Lipinski definition) is 1. The molecule has 0 aliphatic heterocycles. The summed E-state index contributed by atoms with van der Waals surface area (Å²) in [6.07, 6.45) is 2.06. The van der Waals surface area contributed by atoms with Gasteiger partial charge in [0.15, 0.2) is 0 Å². The Hall–Kier alpha value is -1.09. The van der Waals surface area contributed by atoms with Gasteiger partial charge in [0, 0.05) is 5.54 Å². The Balaban J connectivity index is 2.69. The largest absolute Gasteiger partial charge is 0.321 e. The van der Waals surface area contributed by atoms with Gasteiger partial charge in [-0.2, -0.15) is 0 Å². The quantitative estimate of drug-likeness (QED) is 0.749. The zero-order valence-corrected chi connectivity index (χ0v) is 11.8. The molecule has 0 fully saturated rings. The van der Waals surface area contributed by atoms with Crippen molar-refractivity contribution in [3.05, 3.63) is 29.8 Å². The third kappa shape index (κ3) is 2.24. The highest BCUT2D eigenvalue weighted by molar-refractivity contribution is 6.16. The van der Waals surface area contributed by atoms with Gasteiger partial charge in [0.2, 0.25) is 0 Å². The van der Waals surface area contributed by atoms with Gasteiger partial charge in [0.05, 0.1) is 16.9 Å². The van der Waals surface area contributed by atoms with Crippen LogP contribution in [0.15, 0.2) is 18.2 Å². The number of rotatable bonds is 4. The molecule has 1 aromatic carbocycles. The second kappa shape index (κ2) is 4.88. The first-order valence-electron chi connectivity index (χ1n) is 6.23. The van der Waals surface area contributed by atoms with Crippen LogP contribution in [0.5, 0.6) is 0 Å². The highest BCUT2D eigenvalue weighted by atomic mass is 35.5. The summed E-state index contributed by atoms with van der Waals surface area (Å²) in [4.78, 5) is 4.49. The molecule has 0 aliphatic rings. The normalized spacial score (nSPS) is 12.3. The molecular weight excluding hydrogens is 251 g/mol. The molecule has 2 rings (SSSR count). The van der Waals surface area contributed by atoms with Crippen LogP contribution in [0.1, 0.15) is 39.4 Å². The number of alkyl halides is 1. The van der Waals surface area contributed by atoms with E-state index in [1.807, 2.05) is 0 Å². The van der Waals surface area contributed by atoms with Crippen LogP contribution in [0, 0.1) is 5.82 Å². The summed E-state index contributed by atoms with van der Waals surface area (Å²) < 4.78 is 15.5. The Morgan fingerprint density at radius 1 is 1.39 bits per heavy atom. The molecule has 0 spiro atoms. The van der Waals surface area contributed by atoms with Crippen LogP contribution in [0.4, 0.5) is 4.39 Å². The highest BCUT2D eigenvalue weighted by Gasteiger charge is 2.25. The fourth-order valence-electron chi connectivity index (χ4n) is 2.59. The van der Waals surface area contributed by atoms with E-state index in [0.717, 1.165) is 29.7 Å². The lowest BCUT2D eigenvalue weighted by atomic mass is 9.98. The summed E-state index contributed by atoms with van der Waals surface area (Å²) in [6, 6.07) is 4.68. The standard InChI is InChI=1S/C14H18ClFN2/c1-4-7-14(2,3)18-12-8-10(16)5-6-11(12)17-13(18)9-15/h5-6,8H,4,7,9H2,1-3H3. The minimum atomic E-state index is -0.239. The lowest BCUT2D eigenvalue weighted by Crippen LogP contribution is -2.27. The van der Waals surface area contributed by atoms with E-state index in [9.17, 15) is 4.39 Å². The van der Waals surface area contributed by atoms with Crippen molar-refractivity contribution in [3.8, 4) is 0 Å². The summed E-state index contributed by atoms with van der Waals surface area (Å²) in [5.41, 5.74) is 1.52. The fraction of sp³-hybridized carbons (Fsp3) is 0.500. The van der Waals surface area contributed by atoms with Crippen LogP contribution in [0.2, 0.25) is 0 Å². The Bertz CT molecular complexity index is 560. The van der Waals surface area contributed by atoms with E-state index in [0.29, 0.717) is 5.88 Å². The summed E-state index contributed by atoms with van der Waals surface area (Å²) in [7, 11) is 0. The molecule has 2 aromatic rings. The number of halogens is 2. The molecule has 0 aliphatic carbocycles. The third-order valence-corrected chi connectivity index (χ3v) is 3.51. The molecule has 0 N–H and O–H groups in total. The first kappa shape index (κ1) is 13.3. The molecule has 0 unspecified atom stereocenters. The van der Waals surface area contributed by atoms with Crippen molar-refractivity contribution in [1.82, 2.24) is 9.55 Å². The molecule has 0 saturated carbocycles. The minimum absolute atomic E-state index is 0.110. The smallest absolute Gasteiger partial charge is 0.125 e. The van der Waals surface area contributed by atoms with Crippen LogP contribution in [0.25, 0.3) is 11.0 Å². The van der Waals surface area contributed by atoms with Gasteiger partial charge < -0.3 is 4.57 Å². The van der Waals surface area contributed by atoms with Gasteiger partial charge in [-0.15, -0.1) is 11.6 Å². The molecule has 98 valence electrons. The highest BCUT2D eigenvalue weighted by Crippen LogP contribution is 2.30. The van der Waals surface area contributed by atoms with E-state index in [2.05, 4.69) is 30.3 Å². The molecule has 18 heavy (non-hydrogen) atoms. The van der Waals surface area contributed by atoms with Gasteiger partial charge in [0.1, 0.15) is 11.6 Å². The van der Waals surface area contributed by atoms with Crippen LogP contribution in [-0.2, 0) is 11.4 Å². The van der Waals surface area contributed by atoms with E-state index >= 15 is 0 Å². The van der Waals surface area contributed by atoms with Gasteiger partial charge in [-0.3, -0.25) is 0 Å². The SMILES string of the molecule is CCCC(C)(C)n1c(CCl)nc2ccc(F)cc21. The summed E-state index contributed by atoms with van der Waals surface area (Å²) in [6.45, 7) is 6.42. The van der Waals surface area contributed by atoms with Crippen molar-refractivity contribution >= 4 is 22.6 Å². The topological polar surface area (TPSA) is 17.8 Å². The van der Waals surface area contributed by atoms with Gasteiger partial charge in [-0.25, -0.2) is 9.37 Å². The van der Waals surface area contributed by atoms with Gasteiger partial charge in [-0.05, 0) is 38.5 Å². The third-order valence-electron chi connectivity index (χ3n) is 3.27. The van der Waals surface area contributed by atoms with Crippen LogP contribution < -0.4 is 0 Å². The number of nitrogens with zero attached hydrogens (tertiary/aromatic N) is 2. The zero-order chi connectivity index (χ0) is 13.3. The van der Waals surface area contributed by atoms with E-state index in [1.54, 1.807) is 6.07 Å². The maximum atomic E-state index is 13.4. The number of imidazole rings is 1. The molecule has 1 heterocycles. The Morgan fingerprint density at radius 2 is 2.11 bits per heavy atom. The first-order chi connectivity index (χ1) is 8.49. The van der Waals surface area contributed by atoms with Crippen LogP contribution in [0.3, 0.4) is 0 Å². The second-order valence-corrected chi connectivity index (χ2v) is 5.46. The second-order valence-electron chi connectivity index (χ2n) is 5.19. The molecule has 0 atom stereocenters. The van der Waals surface area contributed by atoms with E-state index in [1.165, 1.54) is 12.1 Å². The van der Waals surface area contributed by atoms with Crippen molar-refractivity contribution < 1.29 is 4.39 Å². The predicted octanol–water partition coefficient (Wildman–Crippen LogP) is 4.45. The zero-order valence-electron chi connectivity index (χ0n) is 11.0. The van der Waals surface area contributed by atoms with Crippen molar-refractivity contribution in [1.29, 1.82) is 0 Å². The van der Waals surface area contributed by atoms with Crippen LogP contribution in [-0.4, -0.2) is 9.55 Å². The Kier molecular flexibility index (Phi) is 3.62.